The van der Waals surface area contributed by atoms with Crippen molar-refractivity contribution in [1.29, 1.82) is 0 Å². The number of aryl methyl sites for hydroxylation is 1. The monoisotopic (exact) mass is 534 g/mol. The number of fused-ring (bicyclic) bond motifs is 1. The van der Waals surface area contributed by atoms with Gasteiger partial charge in [-0.1, -0.05) is 48.0 Å². The molecule has 38 heavy (non-hydrogen) atoms. The van der Waals surface area contributed by atoms with Crippen LogP contribution < -0.4 is 15.4 Å². The van der Waals surface area contributed by atoms with E-state index in [2.05, 4.69) is 9.71 Å². The number of nitrogens with zero attached hydrogens (tertiary/aromatic N) is 2. The summed E-state index contributed by atoms with van der Waals surface area (Å²) in [6.07, 6.45) is -1.56. The zero-order valence-electron chi connectivity index (χ0n) is 21.6. The summed E-state index contributed by atoms with van der Waals surface area (Å²) in [5.74, 6) is -1.37. The van der Waals surface area contributed by atoms with Crippen LogP contribution in [0.2, 0.25) is 0 Å². The number of benzene rings is 3. The SMILES string of the molecule is Cc1ccc(S(=O)(=O)NC2N=C(c3cccc(N)c3)c3ccccc3N(CC(=O)OC(C)(C)C)C2=O)cc1. The molecule has 3 aromatic rings. The molecule has 1 aliphatic heterocycles. The third-order valence-electron chi connectivity index (χ3n) is 5.67. The quantitative estimate of drug-likeness (QED) is 0.368. The molecule has 0 radical (unpaired) electrons. The Kier molecular flexibility index (Phi) is 7.39. The Labute approximate surface area is 222 Å². The van der Waals surface area contributed by atoms with Crippen molar-refractivity contribution in [2.24, 2.45) is 4.99 Å². The van der Waals surface area contributed by atoms with E-state index < -0.39 is 40.2 Å². The number of benzodiazepines with no additional fused rings is 1. The molecule has 4 rings (SSSR count). The van der Waals surface area contributed by atoms with Crippen molar-refractivity contribution in [1.82, 2.24) is 4.72 Å². The van der Waals surface area contributed by atoms with Crippen molar-refractivity contribution in [2.75, 3.05) is 17.2 Å². The van der Waals surface area contributed by atoms with Gasteiger partial charge >= 0.3 is 5.97 Å². The summed E-state index contributed by atoms with van der Waals surface area (Å²) in [4.78, 5) is 32.5. The van der Waals surface area contributed by atoms with E-state index in [9.17, 15) is 18.0 Å². The molecule has 1 unspecified atom stereocenters. The molecule has 0 fully saturated rings. The van der Waals surface area contributed by atoms with Crippen molar-refractivity contribution >= 4 is 39.0 Å². The molecule has 1 atom stereocenters. The van der Waals surface area contributed by atoms with Gasteiger partial charge in [-0.05, 0) is 58.0 Å². The molecular weight excluding hydrogens is 504 g/mol. The minimum atomic E-state index is -4.15. The summed E-state index contributed by atoms with van der Waals surface area (Å²) in [6.45, 7) is 6.58. The normalized spacial score (nSPS) is 15.9. The largest absolute Gasteiger partial charge is 0.459 e. The fraction of sp³-hybridized carbons (Fsp3) is 0.250. The fourth-order valence-electron chi connectivity index (χ4n) is 4.02. The first-order valence-corrected chi connectivity index (χ1v) is 13.5. The molecule has 0 aliphatic carbocycles. The summed E-state index contributed by atoms with van der Waals surface area (Å²) in [5, 5.41) is 0. The van der Waals surface area contributed by atoms with Crippen LogP contribution >= 0.6 is 0 Å². The minimum absolute atomic E-state index is 0.0166. The van der Waals surface area contributed by atoms with E-state index in [1.165, 1.54) is 17.0 Å². The number of nitrogens with one attached hydrogen (secondary N) is 1. The van der Waals surface area contributed by atoms with E-state index in [1.54, 1.807) is 81.4 Å². The van der Waals surface area contributed by atoms with E-state index in [0.717, 1.165) is 5.56 Å². The Morgan fingerprint density at radius 2 is 1.74 bits per heavy atom. The number of ether oxygens (including phenoxy) is 1. The lowest BCUT2D eigenvalue weighted by Gasteiger charge is -2.27. The summed E-state index contributed by atoms with van der Waals surface area (Å²) in [7, 11) is -4.15. The second-order valence-corrected chi connectivity index (χ2v) is 11.7. The Hall–Kier alpha value is -4.02. The highest BCUT2D eigenvalue weighted by molar-refractivity contribution is 7.89. The van der Waals surface area contributed by atoms with Crippen LogP contribution in [0.5, 0.6) is 0 Å². The van der Waals surface area contributed by atoms with Gasteiger partial charge in [0.05, 0.1) is 16.3 Å². The molecule has 198 valence electrons. The molecule has 0 saturated heterocycles. The van der Waals surface area contributed by atoms with Gasteiger partial charge in [0.15, 0.2) is 6.17 Å². The maximum Gasteiger partial charge on any atom is 0.326 e. The number of amides is 1. The molecule has 0 saturated carbocycles. The van der Waals surface area contributed by atoms with Crippen LogP contribution in [0.1, 0.15) is 37.5 Å². The van der Waals surface area contributed by atoms with E-state index >= 15 is 0 Å². The molecule has 1 heterocycles. The highest BCUT2D eigenvalue weighted by Crippen LogP contribution is 2.29. The summed E-state index contributed by atoms with van der Waals surface area (Å²) < 4.78 is 34.5. The third kappa shape index (κ3) is 6.09. The number of carbonyl (C=O) groups is 2. The molecule has 0 aromatic heterocycles. The van der Waals surface area contributed by atoms with Crippen molar-refractivity contribution in [2.45, 2.75) is 44.4 Å². The van der Waals surface area contributed by atoms with Gasteiger partial charge < -0.3 is 10.5 Å². The number of nitrogens with two attached hydrogens (primary N) is 1. The van der Waals surface area contributed by atoms with Gasteiger partial charge in [0, 0.05) is 16.8 Å². The second-order valence-electron chi connectivity index (χ2n) is 9.97. The Morgan fingerprint density at radius 1 is 1.05 bits per heavy atom. The Bertz CT molecular complexity index is 1510. The smallest absolute Gasteiger partial charge is 0.326 e. The lowest BCUT2D eigenvalue weighted by Crippen LogP contribution is -2.49. The number of carbonyl (C=O) groups excluding carboxylic acids is 2. The third-order valence-corrected chi connectivity index (χ3v) is 7.10. The second kappa shape index (κ2) is 10.4. The highest BCUT2D eigenvalue weighted by Gasteiger charge is 2.36. The number of sulfonamides is 1. The number of para-hydroxylation sites is 1. The average molecular weight is 535 g/mol. The van der Waals surface area contributed by atoms with Crippen molar-refractivity contribution in [3.8, 4) is 0 Å². The van der Waals surface area contributed by atoms with Crippen LogP contribution in [0, 0.1) is 6.92 Å². The van der Waals surface area contributed by atoms with Gasteiger partial charge in [-0.15, -0.1) is 0 Å². The number of aliphatic imine (C=N–C) groups is 1. The van der Waals surface area contributed by atoms with Gasteiger partial charge in [-0.25, -0.2) is 8.42 Å². The highest BCUT2D eigenvalue weighted by atomic mass is 32.2. The number of nitrogen functional groups attached to an aromatic ring is 1. The predicted octanol–water partition coefficient (Wildman–Crippen LogP) is 3.41. The standard InChI is InChI=1S/C28H30N4O5S/c1-18-12-14-21(15-13-18)38(35,36)31-26-27(34)32(17-24(33)37-28(2,3)4)23-11-6-5-10-22(23)25(30-26)19-8-7-9-20(29)16-19/h5-16,26,31H,17,29H2,1-4H3. The van der Waals surface area contributed by atoms with E-state index in [1.807, 2.05) is 6.92 Å². The number of hydrogen-bond donors (Lipinski definition) is 2. The molecule has 1 aliphatic rings. The minimum Gasteiger partial charge on any atom is -0.459 e. The molecule has 10 heteroatoms. The molecule has 9 nitrogen and oxygen atoms in total. The fourth-order valence-corrected chi connectivity index (χ4v) is 5.10. The van der Waals surface area contributed by atoms with Gasteiger partial charge in [0.2, 0.25) is 10.0 Å². The Balaban J connectivity index is 1.84. The number of anilines is 2. The zero-order chi connectivity index (χ0) is 27.7. The maximum atomic E-state index is 13.9. The first kappa shape index (κ1) is 27.0. The molecule has 0 bridgehead atoms. The van der Waals surface area contributed by atoms with Crippen LogP contribution in [0.25, 0.3) is 0 Å². The van der Waals surface area contributed by atoms with Crippen LogP contribution in [-0.2, 0) is 24.3 Å². The molecule has 3 aromatic carbocycles. The summed E-state index contributed by atoms with van der Waals surface area (Å²) in [6, 6.07) is 20.1. The summed E-state index contributed by atoms with van der Waals surface area (Å²) >= 11 is 0. The van der Waals surface area contributed by atoms with E-state index in [0.29, 0.717) is 28.2 Å². The summed E-state index contributed by atoms with van der Waals surface area (Å²) in [5.41, 5.74) is 8.47. The topological polar surface area (TPSA) is 131 Å². The van der Waals surface area contributed by atoms with Gasteiger partial charge in [-0.3, -0.25) is 19.5 Å². The van der Waals surface area contributed by atoms with Gasteiger partial charge in [-0.2, -0.15) is 4.72 Å². The maximum absolute atomic E-state index is 13.9. The number of hydrogen-bond acceptors (Lipinski definition) is 7. The molecular formula is C28H30N4O5S. The van der Waals surface area contributed by atoms with Gasteiger partial charge in [0.1, 0.15) is 12.1 Å². The number of rotatable bonds is 6. The molecule has 0 spiro atoms. The van der Waals surface area contributed by atoms with E-state index in [4.69, 9.17) is 10.5 Å². The van der Waals surface area contributed by atoms with Crippen LogP contribution in [0.4, 0.5) is 11.4 Å². The van der Waals surface area contributed by atoms with Crippen molar-refractivity contribution < 1.29 is 22.7 Å². The van der Waals surface area contributed by atoms with Crippen LogP contribution in [0.3, 0.4) is 0 Å². The average Bonchev–Trinajstić information content (AvgIpc) is 2.94. The first-order chi connectivity index (χ1) is 17.8. The van der Waals surface area contributed by atoms with Crippen LogP contribution in [0.15, 0.2) is 82.7 Å². The van der Waals surface area contributed by atoms with Crippen molar-refractivity contribution in [3.63, 3.8) is 0 Å². The zero-order valence-corrected chi connectivity index (χ0v) is 22.5. The lowest BCUT2D eigenvalue weighted by molar-refractivity contribution is -0.153. The van der Waals surface area contributed by atoms with Crippen molar-refractivity contribution in [3.05, 3.63) is 89.5 Å². The Morgan fingerprint density at radius 3 is 2.39 bits per heavy atom. The number of esters is 1. The van der Waals surface area contributed by atoms with Gasteiger partial charge in [0.25, 0.3) is 5.91 Å². The van der Waals surface area contributed by atoms with E-state index in [-0.39, 0.29) is 4.90 Å². The van der Waals surface area contributed by atoms with Crippen LogP contribution in [-0.4, -0.2) is 44.3 Å². The lowest BCUT2D eigenvalue weighted by atomic mass is 10.00. The molecule has 3 N–H and O–H groups in total. The molecule has 1 amide bonds. The first-order valence-electron chi connectivity index (χ1n) is 12.0. The predicted molar refractivity (Wildman–Crippen MR) is 146 cm³/mol.